The molecule has 0 aromatic heterocycles. The number of carbonyl (C=O) groups excluding carboxylic acids is 1. The summed E-state index contributed by atoms with van der Waals surface area (Å²) in [5.74, 6) is 0.256. The van der Waals surface area contributed by atoms with Crippen molar-refractivity contribution in [2.24, 2.45) is 17.8 Å². The minimum atomic E-state index is -0.993. The molecule has 2 aliphatic rings. The fourth-order valence-electron chi connectivity index (χ4n) is 3.35. The number of anilines is 1. The van der Waals surface area contributed by atoms with Crippen LogP contribution < -0.4 is 5.32 Å². The Morgan fingerprint density at radius 1 is 1.20 bits per heavy atom. The molecule has 106 valence electrons. The Hall–Kier alpha value is -1.36. The van der Waals surface area contributed by atoms with Crippen LogP contribution in [0, 0.1) is 17.8 Å². The zero-order chi connectivity index (χ0) is 14.3. The van der Waals surface area contributed by atoms with Crippen LogP contribution in [0.1, 0.15) is 36.0 Å². The Morgan fingerprint density at radius 2 is 1.85 bits per heavy atom. The van der Waals surface area contributed by atoms with Gasteiger partial charge in [-0.15, -0.1) is 0 Å². The number of hydrogen-bond donors (Lipinski definition) is 2. The quantitative estimate of drug-likeness (QED) is 0.886. The number of rotatable bonds is 3. The summed E-state index contributed by atoms with van der Waals surface area (Å²) in [7, 11) is 0. The number of carbonyl (C=O) groups is 2. The summed E-state index contributed by atoms with van der Waals surface area (Å²) in [5, 5.41) is 11.9. The predicted molar refractivity (Wildman–Crippen MR) is 78.7 cm³/mol. The lowest BCUT2D eigenvalue weighted by molar-refractivity contribution is -0.117. The van der Waals surface area contributed by atoms with E-state index in [0.29, 0.717) is 22.0 Å². The van der Waals surface area contributed by atoms with Crippen LogP contribution in [0.3, 0.4) is 0 Å². The second-order valence-corrected chi connectivity index (χ2v) is 6.48. The van der Waals surface area contributed by atoms with E-state index in [-0.39, 0.29) is 17.4 Å². The highest BCUT2D eigenvalue weighted by Gasteiger charge is 2.54. The average molecular weight is 338 g/mol. The standard InChI is InChI=1S/C15H16BrNO3/c16-11-6-5-8(15(19)20)7-12(11)17-14(18)13-9-3-1-2-4-10(9)13/h5-7,9-10,13H,1-4H2,(H,17,18)(H,19,20). The van der Waals surface area contributed by atoms with Gasteiger partial charge in [0.1, 0.15) is 0 Å². The van der Waals surface area contributed by atoms with Crippen molar-refractivity contribution in [2.75, 3.05) is 5.32 Å². The summed E-state index contributed by atoms with van der Waals surface area (Å²) < 4.78 is 0.708. The maximum Gasteiger partial charge on any atom is 0.335 e. The first-order chi connectivity index (χ1) is 9.58. The number of aromatic carboxylic acids is 1. The normalized spacial score (nSPS) is 27.6. The molecule has 0 heterocycles. The molecule has 2 aliphatic carbocycles. The average Bonchev–Trinajstić information content (AvgIpc) is 3.15. The third kappa shape index (κ3) is 2.46. The van der Waals surface area contributed by atoms with Gasteiger partial charge in [0.15, 0.2) is 0 Å². The second-order valence-electron chi connectivity index (χ2n) is 5.63. The van der Waals surface area contributed by atoms with Crippen molar-refractivity contribution in [2.45, 2.75) is 25.7 Å². The van der Waals surface area contributed by atoms with E-state index < -0.39 is 5.97 Å². The zero-order valence-corrected chi connectivity index (χ0v) is 12.5. The summed E-state index contributed by atoms with van der Waals surface area (Å²) in [6.07, 6.45) is 4.75. The van der Waals surface area contributed by atoms with E-state index in [0.717, 1.165) is 12.8 Å². The molecule has 2 fully saturated rings. The van der Waals surface area contributed by atoms with Crippen molar-refractivity contribution < 1.29 is 14.7 Å². The molecule has 1 aromatic rings. The topological polar surface area (TPSA) is 66.4 Å². The Bertz CT molecular complexity index is 560. The van der Waals surface area contributed by atoms with Crippen molar-refractivity contribution in [1.82, 2.24) is 0 Å². The van der Waals surface area contributed by atoms with Crippen LogP contribution in [0.4, 0.5) is 5.69 Å². The molecule has 3 rings (SSSR count). The molecule has 0 saturated heterocycles. The molecule has 0 radical (unpaired) electrons. The number of carboxylic acid groups (broad SMARTS) is 1. The number of amides is 1. The highest BCUT2D eigenvalue weighted by atomic mass is 79.9. The molecule has 5 heteroatoms. The summed E-state index contributed by atoms with van der Waals surface area (Å²) in [6, 6.07) is 4.66. The van der Waals surface area contributed by atoms with Gasteiger partial charge in [0.05, 0.1) is 11.3 Å². The largest absolute Gasteiger partial charge is 0.478 e. The van der Waals surface area contributed by atoms with Crippen LogP contribution in [0.25, 0.3) is 0 Å². The number of nitrogens with one attached hydrogen (secondary N) is 1. The van der Waals surface area contributed by atoms with Crippen LogP contribution in [0.15, 0.2) is 22.7 Å². The van der Waals surface area contributed by atoms with E-state index in [1.807, 2.05) is 0 Å². The molecule has 0 spiro atoms. The van der Waals surface area contributed by atoms with Crippen molar-refractivity contribution in [1.29, 1.82) is 0 Å². The summed E-state index contributed by atoms with van der Waals surface area (Å²) in [4.78, 5) is 23.3. The van der Waals surface area contributed by atoms with Crippen LogP contribution in [0.5, 0.6) is 0 Å². The fraction of sp³-hybridized carbons (Fsp3) is 0.467. The van der Waals surface area contributed by atoms with Gasteiger partial charge in [0, 0.05) is 10.4 Å². The first-order valence-corrected chi connectivity index (χ1v) is 7.71. The molecule has 4 nitrogen and oxygen atoms in total. The lowest BCUT2D eigenvalue weighted by Gasteiger charge is -2.08. The van der Waals surface area contributed by atoms with Gasteiger partial charge in [-0.05, 0) is 58.8 Å². The fourth-order valence-corrected chi connectivity index (χ4v) is 3.70. The van der Waals surface area contributed by atoms with Crippen LogP contribution in [0.2, 0.25) is 0 Å². The predicted octanol–water partition coefficient (Wildman–Crippen LogP) is 3.52. The molecule has 1 amide bonds. The van der Waals surface area contributed by atoms with Gasteiger partial charge in [0.2, 0.25) is 5.91 Å². The van der Waals surface area contributed by atoms with Crippen molar-refractivity contribution in [3.8, 4) is 0 Å². The highest BCUT2D eigenvalue weighted by molar-refractivity contribution is 9.10. The van der Waals surface area contributed by atoms with Gasteiger partial charge < -0.3 is 10.4 Å². The van der Waals surface area contributed by atoms with Gasteiger partial charge in [-0.3, -0.25) is 4.79 Å². The van der Waals surface area contributed by atoms with Crippen molar-refractivity contribution in [3.63, 3.8) is 0 Å². The lowest BCUT2D eigenvalue weighted by Crippen LogP contribution is -2.16. The van der Waals surface area contributed by atoms with E-state index in [1.165, 1.54) is 25.0 Å². The van der Waals surface area contributed by atoms with Crippen LogP contribution in [-0.4, -0.2) is 17.0 Å². The molecule has 0 aliphatic heterocycles. The van der Waals surface area contributed by atoms with Gasteiger partial charge in [-0.1, -0.05) is 12.8 Å². The number of halogens is 1. The molecule has 2 N–H and O–H groups in total. The molecule has 1 aromatic carbocycles. The van der Waals surface area contributed by atoms with E-state index in [4.69, 9.17) is 5.11 Å². The van der Waals surface area contributed by atoms with Gasteiger partial charge in [0.25, 0.3) is 0 Å². The monoisotopic (exact) mass is 337 g/mol. The summed E-state index contributed by atoms with van der Waals surface area (Å²) in [6.45, 7) is 0. The maximum absolute atomic E-state index is 12.3. The van der Waals surface area contributed by atoms with E-state index in [1.54, 1.807) is 6.07 Å². The van der Waals surface area contributed by atoms with Crippen molar-refractivity contribution >= 4 is 33.5 Å². The molecule has 0 bridgehead atoms. The summed E-state index contributed by atoms with van der Waals surface area (Å²) >= 11 is 3.35. The lowest BCUT2D eigenvalue weighted by atomic mass is 10.0. The molecular weight excluding hydrogens is 322 g/mol. The number of hydrogen-bond acceptors (Lipinski definition) is 2. The summed E-state index contributed by atoms with van der Waals surface area (Å²) in [5.41, 5.74) is 0.718. The highest BCUT2D eigenvalue weighted by Crippen LogP contribution is 2.55. The molecule has 2 saturated carbocycles. The Balaban J connectivity index is 1.73. The van der Waals surface area contributed by atoms with E-state index in [2.05, 4.69) is 21.2 Å². The first kappa shape index (κ1) is 13.6. The Morgan fingerprint density at radius 3 is 2.45 bits per heavy atom. The molecule has 2 unspecified atom stereocenters. The van der Waals surface area contributed by atoms with Crippen LogP contribution in [-0.2, 0) is 4.79 Å². The number of benzene rings is 1. The third-order valence-electron chi connectivity index (χ3n) is 4.43. The second kappa shape index (κ2) is 5.20. The SMILES string of the molecule is O=C(O)c1ccc(Br)c(NC(=O)C2C3CCCCC32)c1. The number of carboxylic acids is 1. The minimum absolute atomic E-state index is 0.0325. The third-order valence-corrected chi connectivity index (χ3v) is 5.12. The Labute approximate surface area is 125 Å². The smallest absolute Gasteiger partial charge is 0.335 e. The first-order valence-electron chi connectivity index (χ1n) is 6.91. The molecule has 2 atom stereocenters. The van der Waals surface area contributed by atoms with Gasteiger partial charge >= 0.3 is 5.97 Å². The Kier molecular flexibility index (Phi) is 3.54. The van der Waals surface area contributed by atoms with E-state index in [9.17, 15) is 9.59 Å². The molecular formula is C15H16BrNO3. The molecule has 20 heavy (non-hydrogen) atoms. The maximum atomic E-state index is 12.3. The van der Waals surface area contributed by atoms with E-state index >= 15 is 0 Å². The zero-order valence-electron chi connectivity index (χ0n) is 10.9. The van der Waals surface area contributed by atoms with Crippen LogP contribution >= 0.6 is 15.9 Å². The minimum Gasteiger partial charge on any atom is -0.478 e. The van der Waals surface area contributed by atoms with Crippen molar-refractivity contribution in [3.05, 3.63) is 28.2 Å². The number of fused-ring (bicyclic) bond motifs is 1. The van der Waals surface area contributed by atoms with Gasteiger partial charge in [-0.2, -0.15) is 0 Å². The van der Waals surface area contributed by atoms with Gasteiger partial charge in [-0.25, -0.2) is 4.79 Å².